The summed E-state index contributed by atoms with van der Waals surface area (Å²) in [5, 5.41) is 0.254. The van der Waals surface area contributed by atoms with E-state index in [0.29, 0.717) is 6.07 Å². The number of sulfonamides is 1. The molecule has 0 saturated heterocycles. The van der Waals surface area contributed by atoms with E-state index in [1.54, 1.807) is 17.0 Å². The SMILES string of the molecule is O=C(COc1ccccc1Cl)NNS(=O)(=O)c1cccc(C(F)(F)F)c1. The molecule has 0 unspecified atom stereocenters. The van der Waals surface area contributed by atoms with Gasteiger partial charge < -0.3 is 4.74 Å². The Kier molecular flexibility index (Phi) is 6.11. The number of nitrogens with one attached hydrogen (secondary N) is 2. The summed E-state index contributed by atoms with van der Waals surface area (Å²) in [6.07, 6.45) is -4.70. The van der Waals surface area contributed by atoms with E-state index in [9.17, 15) is 26.4 Å². The highest BCUT2D eigenvalue weighted by atomic mass is 35.5. The third-order valence-electron chi connectivity index (χ3n) is 2.99. The summed E-state index contributed by atoms with van der Waals surface area (Å²) in [5.74, 6) is -0.662. The minimum atomic E-state index is -4.70. The Labute approximate surface area is 151 Å². The maximum Gasteiger partial charge on any atom is 0.416 e. The summed E-state index contributed by atoms with van der Waals surface area (Å²) < 4.78 is 67.0. The van der Waals surface area contributed by atoms with Crippen molar-refractivity contribution in [1.82, 2.24) is 10.3 Å². The summed E-state index contributed by atoms with van der Waals surface area (Å²) in [6.45, 7) is -0.561. The molecule has 0 aromatic heterocycles. The number of hydrazine groups is 1. The molecule has 2 aromatic rings. The maximum absolute atomic E-state index is 12.7. The summed E-state index contributed by atoms with van der Waals surface area (Å²) in [5.41, 5.74) is 0.712. The van der Waals surface area contributed by atoms with Crippen molar-refractivity contribution >= 4 is 27.5 Å². The molecule has 0 aliphatic heterocycles. The van der Waals surface area contributed by atoms with Gasteiger partial charge in [0.05, 0.1) is 15.5 Å². The first-order valence-corrected chi connectivity index (χ1v) is 8.81. The molecule has 0 aliphatic carbocycles. The van der Waals surface area contributed by atoms with Crippen LogP contribution in [0.2, 0.25) is 5.02 Å². The first kappa shape index (κ1) is 20.0. The molecule has 2 aromatic carbocycles. The van der Waals surface area contributed by atoms with Gasteiger partial charge in [-0.1, -0.05) is 29.8 Å². The Morgan fingerprint density at radius 3 is 2.46 bits per heavy atom. The number of halogens is 4. The number of hydrogen-bond acceptors (Lipinski definition) is 4. The molecule has 0 bridgehead atoms. The Morgan fingerprint density at radius 1 is 1.12 bits per heavy atom. The standard InChI is InChI=1S/C15H12ClF3N2O4S/c16-12-6-1-2-7-13(12)25-9-14(22)20-21-26(23,24)11-5-3-4-10(8-11)15(17,18)19/h1-8,21H,9H2,(H,20,22). The number of benzene rings is 2. The fourth-order valence-corrected chi connectivity index (χ4v) is 2.86. The van der Waals surface area contributed by atoms with Gasteiger partial charge in [0.1, 0.15) is 5.75 Å². The second-order valence-corrected chi connectivity index (χ2v) is 6.99. The van der Waals surface area contributed by atoms with E-state index in [0.717, 1.165) is 18.2 Å². The fourth-order valence-electron chi connectivity index (χ4n) is 1.76. The number of alkyl halides is 3. The van der Waals surface area contributed by atoms with Crippen LogP contribution >= 0.6 is 11.6 Å². The summed E-state index contributed by atoms with van der Waals surface area (Å²) in [6, 6.07) is 9.40. The second-order valence-electron chi connectivity index (χ2n) is 4.90. The number of para-hydroxylation sites is 1. The number of carbonyl (C=O) groups is 1. The fraction of sp³-hybridized carbons (Fsp3) is 0.133. The van der Waals surface area contributed by atoms with Gasteiger partial charge in [0.25, 0.3) is 15.9 Å². The quantitative estimate of drug-likeness (QED) is 0.720. The molecule has 0 atom stereocenters. The van der Waals surface area contributed by atoms with Crippen molar-refractivity contribution in [2.24, 2.45) is 0 Å². The molecule has 1 amide bonds. The Morgan fingerprint density at radius 2 is 1.81 bits per heavy atom. The number of carbonyl (C=O) groups excluding carboxylic acids is 1. The summed E-state index contributed by atoms with van der Waals surface area (Å²) in [7, 11) is -4.39. The number of hydrogen-bond donors (Lipinski definition) is 2. The molecule has 0 heterocycles. The first-order chi connectivity index (χ1) is 12.1. The highest BCUT2D eigenvalue weighted by molar-refractivity contribution is 7.89. The lowest BCUT2D eigenvalue weighted by atomic mass is 10.2. The molecule has 2 N–H and O–H groups in total. The molecule has 0 saturated carbocycles. The Hall–Kier alpha value is -2.30. The maximum atomic E-state index is 12.7. The number of amides is 1. The van der Waals surface area contributed by atoms with Crippen molar-refractivity contribution in [2.75, 3.05) is 6.61 Å². The summed E-state index contributed by atoms with van der Waals surface area (Å²) >= 11 is 5.83. The highest BCUT2D eigenvalue weighted by Gasteiger charge is 2.31. The predicted molar refractivity (Wildman–Crippen MR) is 86.9 cm³/mol. The van der Waals surface area contributed by atoms with Crippen LogP contribution in [0.5, 0.6) is 5.75 Å². The average Bonchev–Trinajstić information content (AvgIpc) is 2.59. The van der Waals surface area contributed by atoms with Crippen LogP contribution < -0.4 is 15.0 Å². The zero-order chi connectivity index (χ0) is 19.4. The molecule has 0 aliphatic rings. The zero-order valence-corrected chi connectivity index (χ0v) is 14.5. The molecule has 0 spiro atoms. The van der Waals surface area contributed by atoms with Gasteiger partial charge >= 0.3 is 6.18 Å². The molecule has 0 radical (unpaired) electrons. The third kappa shape index (κ3) is 5.35. The van der Waals surface area contributed by atoms with Crippen LogP contribution in [0, 0.1) is 0 Å². The van der Waals surface area contributed by atoms with E-state index in [1.807, 2.05) is 5.43 Å². The van der Waals surface area contributed by atoms with Gasteiger partial charge in [-0.2, -0.15) is 13.2 Å². The molecular weight excluding hydrogens is 397 g/mol. The van der Waals surface area contributed by atoms with Gasteiger partial charge in [0.2, 0.25) is 0 Å². The van der Waals surface area contributed by atoms with Crippen molar-refractivity contribution in [1.29, 1.82) is 0 Å². The minimum absolute atomic E-state index is 0.213. The zero-order valence-electron chi connectivity index (χ0n) is 12.9. The lowest BCUT2D eigenvalue weighted by Gasteiger charge is -2.11. The van der Waals surface area contributed by atoms with Crippen LogP contribution in [-0.2, 0) is 21.0 Å². The van der Waals surface area contributed by atoms with Crippen molar-refractivity contribution in [3.63, 3.8) is 0 Å². The van der Waals surface area contributed by atoms with Gasteiger partial charge in [-0.25, -0.2) is 8.42 Å². The van der Waals surface area contributed by atoms with Crippen LogP contribution in [0.15, 0.2) is 53.4 Å². The summed E-state index contributed by atoms with van der Waals surface area (Å²) in [4.78, 5) is 12.7. The average molecular weight is 409 g/mol. The van der Waals surface area contributed by atoms with E-state index < -0.39 is 39.2 Å². The van der Waals surface area contributed by atoms with E-state index in [2.05, 4.69) is 0 Å². The van der Waals surface area contributed by atoms with E-state index in [4.69, 9.17) is 16.3 Å². The second kappa shape index (κ2) is 7.94. The molecule has 11 heteroatoms. The van der Waals surface area contributed by atoms with Crippen LogP contribution in [0.25, 0.3) is 0 Å². The number of rotatable bonds is 6. The van der Waals surface area contributed by atoms with Crippen LogP contribution in [0.4, 0.5) is 13.2 Å². The van der Waals surface area contributed by atoms with Crippen LogP contribution in [-0.4, -0.2) is 20.9 Å². The third-order valence-corrected chi connectivity index (χ3v) is 4.55. The molecule has 2 rings (SSSR count). The van der Waals surface area contributed by atoms with E-state index >= 15 is 0 Å². The lowest BCUT2D eigenvalue weighted by molar-refractivity contribution is -0.137. The van der Waals surface area contributed by atoms with Gasteiger partial charge in [-0.3, -0.25) is 10.2 Å². The van der Waals surface area contributed by atoms with Gasteiger partial charge in [0.15, 0.2) is 6.61 Å². The lowest BCUT2D eigenvalue weighted by Crippen LogP contribution is -2.43. The molecular formula is C15H12ClF3N2O4S. The van der Waals surface area contributed by atoms with E-state index in [1.165, 1.54) is 12.1 Å². The van der Waals surface area contributed by atoms with Gasteiger partial charge in [-0.15, -0.1) is 4.83 Å². The van der Waals surface area contributed by atoms with Crippen molar-refractivity contribution in [3.05, 3.63) is 59.1 Å². The monoisotopic (exact) mass is 408 g/mol. The molecule has 6 nitrogen and oxygen atoms in total. The smallest absolute Gasteiger partial charge is 0.416 e. The van der Waals surface area contributed by atoms with E-state index in [-0.39, 0.29) is 10.8 Å². The minimum Gasteiger partial charge on any atom is -0.482 e. The first-order valence-electron chi connectivity index (χ1n) is 6.95. The Balaban J connectivity index is 1.97. The van der Waals surface area contributed by atoms with Crippen molar-refractivity contribution < 1.29 is 31.1 Å². The van der Waals surface area contributed by atoms with Gasteiger partial charge in [0, 0.05) is 0 Å². The normalized spacial score (nSPS) is 11.8. The van der Waals surface area contributed by atoms with Crippen LogP contribution in [0.3, 0.4) is 0 Å². The van der Waals surface area contributed by atoms with Crippen molar-refractivity contribution in [2.45, 2.75) is 11.1 Å². The molecule has 26 heavy (non-hydrogen) atoms. The van der Waals surface area contributed by atoms with Crippen molar-refractivity contribution in [3.8, 4) is 5.75 Å². The highest BCUT2D eigenvalue weighted by Crippen LogP contribution is 2.30. The molecule has 140 valence electrons. The van der Waals surface area contributed by atoms with Crippen LogP contribution in [0.1, 0.15) is 5.56 Å². The Bertz CT molecular complexity index is 904. The largest absolute Gasteiger partial charge is 0.482 e. The van der Waals surface area contributed by atoms with Gasteiger partial charge in [-0.05, 0) is 30.3 Å². The number of ether oxygens (including phenoxy) is 1. The topological polar surface area (TPSA) is 84.5 Å². The predicted octanol–water partition coefficient (Wildman–Crippen LogP) is 2.75. The molecule has 0 fully saturated rings.